The molecule has 1 aliphatic rings. The van der Waals surface area contributed by atoms with Crippen LogP contribution in [0, 0.1) is 0 Å². The lowest BCUT2D eigenvalue weighted by Gasteiger charge is -2.14. The van der Waals surface area contributed by atoms with E-state index in [2.05, 4.69) is 9.55 Å². The molecule has 1 aliphatic heterocycles. The van der Waals surface area contributed by atoms with Crippen molar-refractivity contribution in [1.82, 2.24) is 9.55 Å². The summed E-state index contributed by atoms with van der Waals surface area (Å²) in [7, 11) is 0. The van der Waals surface area contributed by atoms with E-state index in [1.54, 1.807) is 0 Å². The molecule has 96 valence electrons. The highest BCUT2D eigenvalue weighted by Crippen LogP contribution is 2.28. The predicted octanol–water partition coefficient (Wildman–Crippen LogP) is 3.43. The smallest absolute Gasteiger partial charge is 0.111 e. The Bertz CT molecular complexity index is 561. The first-order valence-corrected chi connectivity index (χ1v) is 7.01. The maximum atomic E-state index is 6.02. The molecule has 1 aromatic carbocycles. The minimum absolute atomic E-state index is 0.370. The van der Waals surface area contributed by atoms with Crippen LogP contribution >= 0.6 is 23.2 Å². The van der Waals surface area contributed by atoms with Crippen LogP contribution in [0.15, 0.2) is 18.2 Å². The van der Waals surface area contributed by atoms with Crippen molar-refractivity contribution in [3.63, 3.8) is 0 Å². The van der Waals surface area contributed by atoms with Crippen LogP contribution in [0.25, 0.3) is 11.0 Å². The predicted molar refractivity (Wildman–Crippen MR) is 73.6 cm³/mol. The van der Waals surface area contributed by atoms with Crippen LogP contribution in [0.4, 0.5) is 0 Å². The molecule has 5 heteroatoms. The molecular weight excluding hydrogens is 271 g/mol. The van der Waals surface area contributed by atoms with Gasteiger partial charge in [-0.05, 0) is 24.6 Å². The van der Waals surface area contributed by atoms with Crippen molar-refractivity contribution in [2.45, 2.75) is 18.9 Å². The molecule has 2 heterocycles. The zero-order chi connectivity index (χ0) is 12.5. The van der Waals surface area contributed by atoms with Gasteiger partial charge in [0.25, 0.3) is 0 Å². The van der Waals surface area contributed by atoms with Crippen molar-refractivity contribution in [1.29, 1.82) is 0 Å². The number of aromatic nitrogens is 2. The number of benzene rings is 1. The van der Waals surface area contributed by atoms with Crippen LogP contribution in [0.2, 0.25) is 5.02 Å². The van der Waals surface area contributed by atoms with Crippen molar-refractivity contribution in [2.75, 3.05) is 19.1 Å². The van der Waals surface area contributed by atoms with Crippen LogP contribution in [-0.4, -0.2) is 28.6 Å². The van der Waals surface area contributed by atoms with Gasteiger partial charge in [-0.2, -0.15) is 0 Å². The Balaban J connectivity index is 2.14. The van der Waals surface area contributed by atoms with Gasteiger partial charge in [-0.3, -0.25) is 0 Å². The van der Waals surface area contributed by atoms with Crippen LogP contribution in [0.1, 0.15) is 18.3 Å². The number of imidazole rings is 1. The molecule has 0 radical (unpaired) electrons. The molecule has 1 saturated heterocycles. The Morgan fingerprint density at radius 2 is 2.33 bits per heavy atom. The second-order valence-corrected chi connectivity index (χ2v) is 5.30. The number of rotatable bonds is 3. The Morgan fingerprint density at radius 1 is 1.44 bits per heavy atom. The zero-order valence-electron chi connectivity index (χ0n) is 9.90. The number of aryl methyl sites for hydroxylation is 1. The van der Waals surface area contributed by atoms with Gasteiger partial charge in [0, 0.05) is 23.9 Å². The zero-order valence-corrected chi connectivity index (χ0v) is 11.4. The number of hydrogen-bond donors (Lipinski definition) is 0. The summed E-state index contributed by atoms with van der Waals surface area (Å²) in [6, 6.07) is 6.21. The van der Waals surface area contributed by atoms with Gasteiger partial charge in [0.2, 0.25) is 0 Å². The summed E-state index contributed by atoms with van der Waals surface area (Å²) in [4.78, 5) is 4.65. The Labute approximate surface area is 116 Å². The fourth-order valence-electron chi connectivity index (χ4n) is 2.52. The van der Waals surface area contributed by atoms with Crippen molar-refractivity contribution < 1.29 is 4.74 Å². The van der Waals surface area contributed by atoms with Gasteiger partial charge in [-0.25, -0.2) is 4.98 Å². The lowest BCUT2D eigenvalue weighted by atomic mass is 10.2. The van der Waals surface area contributed by atoms with Gasteiger partial charge in [-0.15, -0.1) is 11.6 Å². The normalized spacial score (nSPS) is 19.8. The van der Waals surface area contributed by atoms with E-state index in [1.165, 1.54) is 0 Å². The summed E-state index contributed by atoms with van der Waals surface area (Å²) in [6.07, 6.45) is 1.80. The summed E-state index contributed by atoms with van der Waals surface area (Å²) >= 11 is 11.9. The molecule has 0 spiro atoms. The SMILES string of the molecule is ClCCc1nc2cc(Cl)ccc2n1C1CCOC1. The third-order valence-electron chi connectivity index (χ3n) is 3.31. The summed E-state index contributed by atoms with van der Waals surface area (Å²) < 4.78 is 7.74. The molecule has 0 bridgehead atoms. The maximum Gasteiger partial charge on any atom is 0.111 e. The number of halogens is 2. The average Bonchev–Trinajstić information content (AvgIpc) is 2.95. The van der Waals surface area contributed by atoms with E-state index in [4.69, 9.17) is 27.9 Å². The first-order valence-electron chi connectivity index (χ1n) is 6.09. The molecule has 2 aromatic rings. The van der Waals surface area contributed by atoms with Crippen molar-refractivity contribution in [2.24, 2.45) is 0 Å². The summed E-state index contributed by atoms with van der Waals surface area (Å²) in [5, 5.41) is 0.715. The van der Waals surface area contributed by atoms with Crippen molar-refractivity contribution >= 4 is 34.2 Å². The minimum Gasteiger partial charge on any atom is -0.379 e. The molecule has 0 saturated carbocycles. The van der Waals surface area contributed by atoms with E-state index in [-0.39, 0.29) is 0 Å². The van der Waals surface area contributed by atoms with E-state index >= 15 is 0 Å². The van der Waals surface area contributed by atoms with E-state index in [0.717, 1.165) is 42.9 Å². The van der Waals surface area contributed by atoms with Crippen LogP contribution < -0.4 is 0 Å². The topological polar surface area (TPSA) is 27.1 Å². The van der Waals surface area contributed by atoms with Gasteiger partial charge in [0.1, 0.15) is 5.82 Å². The Kier molecular flexibility index (Phi) is 3.46. The van der Waals surface area contributed by atoms with Gasteiger partial charge < -0.3 is 9.30 Å². The molecule has 0 amide bonds. The third kappa shape index (κ3) is 2.11. The maximum absolute atomic E-state index is 6.02. The number of nitrogens with zero attached hydrogens (tertiary/aromatic N) is 2. The largest absolute Gasteiger partial charge is 0.379 e. The third-order valence-corrected chi connectivity index (χ3v) is 3.74. The van der Waals surface area contributed by atoms with Gasteiger partial charge in [0.05, 0.1) is 23.7 Å². The molecule has 1 aromatic heterocycles. The molecule has 1 fully saturated rings. The Morgan fingerprint density at radius 3 is 3.06 bits per heavy atom. The lowest BCUT2D eigenvalue weighted by Crippen LogP contribution is -2.12. The standard InChI is InChI=1S/C13H14Cl2N2O/c14-5-3-13-16-11-7-9(15)1-2-12(11)17(13)10-4-6-18-8-10/h1-2,7,10H,3-6,8H2. The van der Waals surface area contributed by atoms with Gasteiger partial charge >= 0.3 is 0 Å². The summed E-state index contributed by atoms with van der Waals surface area (Å²) in [5.74, 6) is 1.60. The van der Waals surface area contributed by atoms with Crippen molar-refractivity contribution in [3.8, 4) is 0 Å². The number of alkyl halides is 1. The fourth-order valence-corrected chi connectivity index (χ4v) is 2.85. The average molecular weight is 285 g/mol. The van der Waals surface area contributed by atoms with E-state index < -0.39 is 0 Å². The van der Waals surface area contributed by atoms with Gasteiger partial charge in [0.15, 0.2) is 0 Å². The number of hydrogen-bond acceptors (Lipinski definition) is 2. The first-order chi connectivity index (χ1) is 8.79. The molecular formula is C13H14Cl2N2O. The molecule has 1 atom stereocenters. The second kappa shape index (κ2) is 5.08. The molecule has 0 aliphatic carbocycles. The van der Waals surface area contributed by atoms with Gasteiger partial charge in [-0.1, -0.05) is 11.6 Å². The fraction of sp³-hybridized carbons (Fsp3) is 0.462. The van der Waals surface area contributed by atoms with E-state index in [1.807, 2.05) is 18.2 Å². The molecule has 0 N–H and O–H groups in total. The summed E-state index contributed by atoms with van der Waals surface area (Å²) in [6.45, 7) is 1.57. The highest BCUT2D eigenvalue weighted by Gasteiger charge is 2.22. The molecule has 3 nitrogen and oxygen atoms in total. The number of ether oxygens (including phenoxy) is 1. The molecule has 1 unspecified atom stereocenters. The van der Waals surface area contributed by atoms with Crippen LogP contribution in [0.3, 0.4) is 0 Å². The highest BCUT2D eigenvalue weighted by molar-refractivity contribution is 6.31. The highest BCUT2D eigenvalue weighted by atomic mass is 35.5. The number of fused-ring (bicyclic) bond motifs is 1. The quantitative estimate of drug-likeness (QED) is 0.808. The first kappa shape index (κ1) is 12.3. The van der Waals surface area contributed by atoms with Crippen LogP contribution in [0.5, 0.6) is 0 Å². The lowest BCUT2D eigenvalue weighted by molar-refractivity contribution is 0.186. The van der Waals surface area contributed by atoms with Crippen molar-refractivity contribution in [3.05, 3.63) is 29.0 Å². The summed E-state index contributed by atoms with van der Waals surface area (Å²) in [5.41, 5.74) is 2.06. The molecule has 3 rings (SSSR count). The Hall–Kier alpha value is -0.770. The minimum atomic E-state index is 0.370. The van der Waals surface area contributed by atoms with Crippen LogP contribution in [-0.2, 0) is 11.2 Å². The molecule has 18 heavy (non-hydrogen) atoms. The monoisotopic (exact) mass is 284 g/mol. The van der Waals surface area contributed by atoms with E-state index in [0.29, 0.717) is 16.9 Å². The second-order valence-electron chi connectivity index (χ2n) is 4.49. The van der Waals surface area contributed by atoms with E-state index in [9.17, 15) is 0 Å².